The predicted octanol–water partition coefficient (Wildman–Crippen LogP) is 11.1. The van der Waals surface area contributed by atoms with Crippen LogP contribution in [0.1, 0.15) is 66.8 Å². The highest BCUT2D eigenvalue weighted by Crippen LogP contribution is 2.43. The van der Waals surface area contributed by atoms with Crippen LogP contribution >= 0.6 is 0 Å². The second-order valence-corrected chi connectivity index (χ2v) is 30.5. The van der Waals surface area contributed by atoms with Gasteiger partial charge in [-0.05, 0) is 128 Å². The summed E-state index contributed by atoms with van der Waals surface area (Å²) in [5, 5.41) is 9.29. The Morgan fingerprint density at radius 2 is 0.912 bits per heavy atom. The molecule has 6 aromatic rings. The van der Waals surface area contributed by atoms with E-state index in [4.69, 9.17) is 47.3 Å². The van der Waals surface area contributed by atoms with Crippen LogP contribution in [-0.2, 0) is 43.0 Å². The Morgan fingerprint density at radius 3 is 1.27 bits per heavy atom. The molecular weight excluding hydrogens is 1080 g/mol. The van der Waals surface area contributed by atoms with Gasteiger partial charge >= 0.3 is 0 Å². The van der Waals surface area contributed by atoms with Gasteiger partial charge in [0.2, 0.25) is 20.1 Å². The molecule has 2 aliphatic rings. The van der Waals surface area contributed by atoms with Crippen LogP contribution in [0.15, 0.2) is 129 Å². The van der Waals surface area contributed by atoms with Crippen LogP contribution in [0.5, 0.6) is 34.5 Å². The molecule has 4 heterocycles. The second-order valence-electron chi connectivity index (χ2n) is 21.0. The third kappa shape index (κ3) is 15.9. The van der Waals surface area contributed by atoms with Gasteiger partial charge in [-0.2, -0.15) is 0 Å². The molecule has 0 saturated heterocycles. The molecule has 0 spiro atoms. The summed E-state index contributed by atoms with van der Waals surface area (Å²) in [7, 11) is -5.36. The largest absolute Gasteiger partial charge is 0.488 e. The predicted molar refractivity (Wildman–Crippen MR) is 312 cm³/mol. The number of sulfone groups is 2. The minimum Gasteiger partial charge on any atom is -0.488 e. The molecule has 3 N–H and O–H groups in total. The number of rotatable bonds is 25. The van der Waals surface area contributed by atoms with Crippen molar-refractivity contribution in [1.29, 1.82) is 0 Å². The highest BCUT2D eigenvalue weighted by atomic mass is 32.2. The van der Waals surface area contributed by atoms with Crippen molar-refractivity contribution in [1.82, 2.24) is 9.97 Å². The first-order valence-electron chi connectivity index (χ1n) is 26.6. The fraction of sp³-hybridized carbons (Fsp3) is 0.424. The van der Waals surface area contributed by atoms with E-state index in [9.17, 15) is 21.9 Å². The van der Waals surface area contributed by atoms with Crippen LogP contribution in [0.3, 0.4) is 0 Å². The number of ether oxygens (including phenoxy) is 8. The molecule has 0 saturated carbocycles. The summed E-state index contributed by atoms with van der Waals surface area (Å²) in [6.45, 7) is 19.8. The number of methoxy groups -OCH3 is 2. The molecule has 0 amide bonds. The minimum atomic E-state index is -3.31. The van der Waals surface area contributed by atoms with E-state index in [1.807, 2.05) is 62.4 Å². The SMILES string of the molecule is COC[C@H](C)Oc1cc(Oc2ccc(S(C)(=O)=O)cc2)cc(-c2ccc(C3=NC[C@@H](CO[Si](C(C)C)(C(C)C)C(C)C)O3)[nH]2)c1.COC[C@H](C)Oc1cc(Oc2ccc(S(C)(=O)=O)cc2)cc(-c2ccc(C3=NC[C@H](CO)O3)[nH]2)c1. The molecule has 0 aliphatic carbocycles. The molecule has 4 aromatic carbocycles. The van der Waals surface area contributed by atoms with Gasteiger partial charge in [-0.25, -0.2) is 26.8 Å². The van der Waals surface area contributed by atoms with Crippen LogP contribution in [0.25, 0.3) is 22.5 Å². The number of aromatic amines is 2. The number of H-pyrrole nitrogens is 2. The number of nitrogens with zero attached hydrogens (tertiary/aromatic N) is 2. The molecule has 2 aromatic heterocycles. The molecule has 0 bridgehead atoms. The van der Waals surface area contributed by atoms with E-state index in [2.05, 4.69) is 56.5 Å². The van der Waals surface area contributed by atoms with Gasteiger partial charge in [-0.15, -0.1) is 0 Å². The quantitative estimate of drug-likeness (QED) is 0.0453. The van der Waals surface area contributed by atoms with E-state index >= 15 is 0 Å². The van der Waals surface area contributed by atoms with E-state index < -0.39 is 28.0 Å². The lowest BCUT2D eigenvalue weighted by Crippen LogP contribution is -2.49. The summed E-state index contributed by atoms with van der Waals surface area (Å²) in [5.41, 5.74) is 6.27. The molecule has 8 rings (SSSR count). The first-order chi connectivity index (χ1) is 38.0. The van der Waals surface area contributed by atoms with Crippen molar-refractivity contribution in [2.75, 3.05) is 66.2 Å². The summed E-state index contributed by atoms with van der Waals surface area (Å²) in [6, 6.07) is 31.4. The molecule has 0 unspecified atom stereocenters. The van der Waals surface area contributed by atoms with Gasteiger partial charge in [0.15, 0.2) is 19.7 Å². The van der Waals surface area contributed by atoms with Gasteiger partial charge in [0, 0.05) is 61.4 Å². The van der Waals surface area contributed by atoms with Crippen LogP contribution in [-0.4, -0.2) is 143 Å². The number of hydrogen-bond acceptors (Lipinski definition) is 16. The Balaban J connectivity index is 0.000000238. The normalized spacial score (nSPS) is 16.4. The van der Waals surface area contributed by atoms with Gasteiger partial charge in [-0.3, -0.25) is 0 Å². The topological polar surface area (TPSA) is 228 Å². The standard InChI is InChI=1S/C34H48N2O7SSi.C25H28N2O7S/c1-22(2)45(23(3)4,24(5)6)40-21-30-19-35-34(43-30)33-15-14-32(36-33)26-16-28(41-25(7)20-39-8)18-29(17-26)42-27-10-12-31(13-11-27)44(9,37)38;1-16(15-31-2)32-19-10-17(23-8-9-24(27-23)25-26-13-21(14-28)34-25)11-20(12-19)33-18-4-6-22(7-5-18)35(3,29)30/h10-18,22-25,30,36H,19-21H2,1-9H3;4-12,16,21,27-28H,13-15H2,1-3H3/t25-,30-;16-,21+/m00/s1. The van der Waals surface area contributed by atoms with Gasteiger partial charge in [0.25, 0.3) is 0 Å². The summed E-state index contributed by atoms with van der Waals surface area (Å²) in [5.74, 6) is 4.26. The minimum absolute atomic E-state index is 0.0918. The van der Waals surface area contributed by atoms with Gasteiger partial charge in [0.1, 0.15) is 70.3 Å². The van der Waals surface area contributed by atoms with Crippen molar-refractivity contribution >= 4 is 39.8 Å². The van der Waals surface area contributed by atoms with Crippen LogP contribution in [0, 0.1) is 0 Å². The monoisotopic (exact) mass is 1160 g/mol. The first-order valence-corrected chi connectivity index (χ1v) is 32.5. The molecule has 18 nitrogen and oxygen atoms in total. The lowest BCUT2D eigenvalue weighted by atomic mass is 10.1. The van der Waals surface area contributed by atoms with Crippen molar-refractivity contribution < 1.29 is 64.3 Å². The third-order valence-electron chi connectivity index (χ3n) is 13.5. The average Bonchev–Trinajstić information content (AvgIpc) is 4.25. The van der Waals surface area contributed by atoms with E-state index in [1.165, 1.54) is 30.5 Å². The summed E-state index contributed by atoms with van der Waals surface area (Å²) < 4.78 is 101. The third-order valence-corrected chi connectivity index (χ3v) is 21.9. The smallest absolute Gasteiger partial charge is 0.233 e. The molecule has 2 aliphatic heterocycles. The lowest BCUT2D eigenvalue weighted by molar-refractivity contribution is 0.0919. The zero-order valence-electron chi connectivity index (χ0n) is 47.6. The number of aliphatic hydroxyl groups is 1. The zero-order valence-corrected chi connectivity index (χ0v) is 50.3. The van der Waals surface area contributed by atoms with Crippen molar-refractivity contribution in [3.8, 4) is 57.0 Å². The first kappa shape index (κ1) is 61.2. The Kier molecular flexibility index (Phi) is 20.5. The fourth-order valence-electron chi connectivity index (χ4n) is 9.92. The average molecular weight is 1160 g/mol. The number of nitrogens with one attached hydrogen (secondary N) is 2. The summed E-state index contributed by atoms with van der Waals surface area (Å²) >= 11 is 0. The Morgan fingerprint density at radius 1 is 0.537 bits per heavy atom. The van der Waals surface area contributed by atoms with Crippen LogP contribution in [0.4, 0.5) is 0 Å². The molecule has 432 valence electrons. The number of benzene rings is 4. The molecule has 80 heavy (non-hydrogen) atoms. The number of aromatic nitrogens is 2. The number of hydrogen-bond donors (Lipinski definition) is 3. The number of aliphatic hydroxyl groups excluding tert-OH is 1. The van der Waals surface area contributed by atoms with Gasteiger partial charge in [0.05, 0.1) is 49.3 Å². The maximum atomic E-state index is 11.9. The molecule has 0 radical (unpaired) electrons. The van der Waals surface area contributed by atoms with Gasteiger partial charge in [-0.1, -0.05) is 41.5 Å². The highest BCUT2D eigenvalue weighted by Gasteiger charge is 2.46. The van der Waals surface area contributed by atoms with Crippen LogP contribution in [0.2, 0.25) is 16.6 Å². The van der Waals surface area contributed by atoms with Crippen LogP contribution < -0.4 is 18.9 Å². The maximum absolute atomic E-state index is 11.9. The van der Waals surface area contributed by atoms with Gasteiger partial charge < -0.3 is 57.4 Å². The summed E-state index contributed by atoms with van der Waals surface area (Å²) in [6.07, 6.45) is 1.51. The van der Waals surface area contributed by atoms with Crippen molar-refractivity contribution in [2.45, 2.75) is 106 Å². The Hall–Kier alpha value is -6.46. The lowest BCUT2D eigenvalue weighted by Gasteiger charge is -2.42. The second kappa shape index (κ2) is 26.9. The van der Waals surface area contributed by atoms with Crippen molar-refractivity contribution in [3.63, 3.8) is 0 Å². The molecule has 4 atom stereocenters. The van der Waals surface area contributed by atoms with Crippen molar-refractivity contribution in [2.24, 2.45) is 9.98 Å². The van der Waals surface area contributed by atoms with E-state index in [0.29, 0.717) is 102 Å². The maximum Gasteiger partial charge on any atom is 0.233 e. The fourth-order valence-corrected chi connectivity index (χ4v) is 16.7. The zero-order chi connectivity index (χ0) is 57.9. The van der Waals surface area contributed by atoms with E-state index in [0.717, 1.165) is 34.5 Å². The van der Waals surface area contributed by atoms with E-state index in [1.54, 1.807) is 50.6 Å². The Bertz CT molecular complexity index is 3280. The van der Waals surface area contributed by atoms with Crippen molar-refractivity contribution in [3.05, 3.63) is 121 Å². The molecule has 21 heteroatoms. The summed E-state index contributed by atoms with van der Waals surface area (Å²) in [4.78, 5) is 16.2. The molecular formula is C59H76N4O14S2Si. The number of aliphatic imine (C=N–C) groups is 2. The highest BCUT2D eigenvalue weighted by molar-refractivity contribution is 7.91. The molecule has 0 fully saturated rings. The van der Waals surface area contributed by atoms with E-state index in [-0.39, 0.29) is 40.8 Å². The Labute approximate surface area is 471 Å².